The summed E-state index contributed by atoms with van der Waals surface area (Å²) >= 11 is 1.59. The molecule has 0 radical (unpaired) electrons. The summed E-state index contributed by atoms with van der Waals surface area (Å²) in [5.74, 6) is -1.74. The number of carbonyl (C=O) groups excluding carboxylic acids is 2. The summed E-state index contributed by atoms with van der Waals surface area (Å²) in [6.07, 6.45) is 3.40. The van der Waals surface area contributed by atoms with Crippen LogP contribution in [0.3, 0.4) is 0 Å². The Balaban J connectivity index is 1.76. The van der Waals surface area contributed by atoms with Crippen molar-refractivity contribution in [2.75, 3.05) is 12.3 Å². The molecular formula is C26H30N2O5S. The smallest absolute Gasteiger partial charge is 0.305 e. The normalized spacial score (nSPS) is 21.4. The van der Waals surface area contributed by atoms with Gasteiger partial charge in [-0.1, -0.05) is 43.0 Å². The number of ketones is 1. The summed E-state index contributed by atoms with van der Waals surface area (Å²) < 4.78 is 0. The lowest BCUT2D eigenvalue weighted by atomic mass is 9.84. The molecule has 2 aliphatic heterocycles. The zero-order chi connectivity index (χ0) is 25.0. The average molecular weight is 483 g/mol. The first-order valence-electron chi connectivity index (χ1n) is 11.0. The number of carboxylic acids is 1. The van der Waals surface area contributed by atoms with Crippen molar-refractivity contribution in [1.29, 1.82) is 0 Å². The molecule has 0 spiro atoms. The van der Waals surface area contributed by atoms with Gasteiger partial charge in [-0.2, -0.15) is 0 Å². The first kappa shape index (κ1) is 25.4. The van der Waals surface area contributed by atoms with Crippen molar-refractivity contribution in [3.63, 3.8) is 0 Å². The summed E-state index contributed by atoms with van der Waals surface area (Å²) in [5.41, 5.74) is 1.27. The van der Waals surface area contributed by atoms with Crippen molar-refractivity contribution in [2.45, 2.75) is 45.2 Å². The van der Waals surface area contributed by atoms with E-state index >= 15 is 0 Å². The predicted molar refractivity (Wildman–Crippen MR) is 134 cm³/mol. The number of rotatable bonds is 9. The van der Waals surface area contributed by atoms with Crippen molar-refractivity contribution >= 4 is 34.3 Å². The maximum Gasteiger partial charge on any atom is 0.305 e. The average Bonchev–Trinajstić information content (AvgIpc) is 2.74. The molecule has 3 N–H and O–H groups in total. The van der Waals surface area contributed by atoms with Crippen LogP contribution in [0.25, 0.3) is 4.91 Å². The van der Waals surface area contributed by atoms with Crippen LogP contribution in [0.2, 0.25) is 0 Å². The molecule has 180 valence electrons. The van der Waals surface area contributed by atoms with E-state index in [-0.39, 0.29) is 24.1 Å². The Labute approximate surface area is 203 Å². The van der Waals surface area contributed by atoms with Crippen LogP contribution in [0, 0.1) is 0 Å². The number of thioether (sulfide) groups is 1. The summed E-state index contributed by atoms with van der Waals surface area (Å²) in [6, 6.07) is 9.42. The largest absolute Gasteiger partial charge is 0.505 e. The van der Waals surface area contributed by atoms with Crippen molar-refractivity contribution in [3.8, 4) is 0 Å². The van der Waals surface area contributed by atoms with Crippen LogP contribution in [-0.4, -0.2) is 56.7 Å². The number of benzene rings is 1. The summed E-state index contributed by atoms with van der Waals surface area (Å²) in [7, 11) is 0. The topological polar surface area (TPSA) is 107 Å². The quantitative estimate of drug-likeness (QED) is 0.211. The fourth-order valence-corrected chi connectivity index (χ4v) is 4.83. The fourth-order valence-electron chi connectivity index (χ4n) is 3.91. The van der Waals surface area contributed by atoms with Gasteiger partial charge in [-0.05, 0) is 38.0 Å². The van der Waals surface area contributed by atoms with E-state index in [1.807, 2.05) is 57.2 Å². The van der Waals surface area contributed by atoms with E-state index < -0.39 is 35.0 Å². The molecule has 0 bridgehead atoms. The Bertz CT molecular complexity index is 1100. The molecule has 34 heavy (non-hydrogen) atoms. The van der Waals surface area contributed by atoms with Gasteiger partial charge in [0.25, 0.3) is 5.91 Å². The van der Waals surface area contributed by atoms with Crippen LogP contribution >= 0.6 is 11.8 Å². The molecule has 1 amide bonds. The molecule has 1 saturated heterocycles. The van der Waals surface area contributed by atoms with Gasteiger partial charge < -0.3 is 20.4 Å². The van der Waals surface area contributed by atoms with Gasteiger partial charge in [0.15, 0.2) is 11.5 Å². The number of carbonyl (C=O) groups is 3. The van der Waals surface area contributed by atoms with Gasteiger partial charge in [0, 0.05) is 29.2 Å². The lowest BCUT2D eigenvalue weighted by Gasteiger charge is -2.43. The summed E-state index contributed by atoms with van der Waals surface area (Å²) in [4.78, 5) is 39.6. The van der Waals surface area contributed by atoms with E-state index in [0.717, 1.165) is 16.0 Å². The van der Waals surface area contributed by atoms with Gasteiger partial charge in [-0.15, -0.1) is 11.8 Å². The van der Waals surface area contributed by atoms with E-state index in [4.69, 9.17) is 5.11 Å². The van der Waals surface area contributed by atoms with Gasteiger partial charge in [-0.3, -0.25) is 14.4 Å². The van der Waals surface area contributed by atoms with Crippen molar-refractivity contribution < 1.29 is 24.6 Å². The molecular weight excluding hydrogens is 452 g/mol. The first-order chi connectivity index (χ1) is 16.0. The van der Waals surface area contributed by atoms with Crippen molar-refractivity contribution in [3.05, 3.63) is 77.2 Å². The fraction of sp³-hybridized carbons (Fsp3) is 0.346. The number of carboxylic acid groups (broad SMARTS) is 1. The Kier molecular flexibility index (Phi) is 7.71. The number of hydrogen-bond acceptors (Lipinski definition) is 6. The van der Waals surface area contributed by atoms with Crippen LogP contribution in [0.4, 0.5) is 0 Å². The molecule has 2 heterocycles. The van der Waals surface area contributed by atoms with Crippen LogP contribution in [0.5, 0.6) is 0 Å². The lowest BCUT2D eigenvalue weighted by molar-refractivity contribution is -0.140. The minimum atomic E-state index is -0.982. The third-order valence-corrected chi connectivity index (χ3v) is 7.05. The second-order valence-corrected chi connectivity index (χ2v) is 10.1. The monoisotopic (exact) mass is 482 g/mol. The number of Topliss-reactive ketones (excluding diaryl/α,β-unsaturated/α-hetero) is 1. The minimum Gasteiger partial charge on any atom is -0.505 e. The molecule has 0 aromatic heterocycles. The minimum absolute atomic E-state index is 0.0742. The van der Waals surface area contributed by atoms with E-state index in [0.29, 0.717) is 12.3 Å². The highest BCUT2D eigenvalue weighted by Crippen LogP contribution is 2.34. The highest BCUT2D eigenvalue weighted by molar-refractivity contribution is 8.08. The Morgan fingerprint density at radius 1 is 1.26 bits per heavy atom. The standard InChI is InChI=1S/C26H30N2O5S/c1-5-17(15-34-16(2)18-9-7-6-8-10-18)14-28-25(33)23(21(29)13-26(28,3)4)24(32)20-11-19(27-20)12-22(30)31/h5-11,19,27,32H,2,12-15H2,1,3-4H3,(H,30,31)/b17-5-,24-23?. The van der Waals surface area contributed by atoms with Gasteiger partial charge in [0.05, 0.1) is 18.2 Å². The Morgan fingerprint density at radius 2 is 1.91 bits per heavy atom. The number of piperidine rings is 1. The van der Waals surface area contributed by atoms with E-state index in [1.54, 1.807) is 16.7 Å². The number of aliphatic hydroxyl groups is 1. The van der Waals surface area contributed by atoms with Crippen LogP contribution in [-0.2, 0) is 14.4 Å². The molecule has 0 aliphatic carbocycles. The predicted octanol–water partition coefficient (Wildman–Crippen LogP) is 4.06. The molecule has 1 unspecified atom stereocenters. The second-order valence-electron chi connectivity index (χ2n) is 8.98. The number of amides is 1. The number of allylic oxidation sites excluding steroid dienone is 1. The molecule has 3 rings (SSSR count). The lowest BCUT2D eigenvalue weighted by Crippen LogP contribution is -2.56. The van der Waals surface area contributed by atoms with Gasteiger partial charge in [-0.25, -0.2) is 0 Å². The zero-order valence-corrected chi connectivity index (χ0v) is 20.4. The number of likely N-dealkylation sites (tertiary alicyclic amines) is 1. The molecule has 1 aromatic carbocycles. The van der Waals surface area contributed by atoms with Crippen LogP contribution in [0.1, 0.15) is 39.2 Å². The number of aliphatic carboxylic acids is 1. The maximum absolute atomic E-state index is 13.4. The third-order valence-electron chi connectivity index (χ3n) is 5.95. The highest BCUT2D eigenvalue weighted by Gasteiger charge is 2.44. The zero-order valence-electron chi connectivity index (χ0n) is 19.6. The third kappa shape index (κ3) is 5.62. The molecule has 2 aliphatic rings. The Hall–Kier alpha value is -3.26. The molecule has 7 nitrogen and oxygen atoms in total. The summed E-state index contributed by atoms with van der Waals surface area (Å²) in [5, 5.41) is 22.4. The number of nitrogens with zero attached hydrogens (tertiary/aromatic N) is 1. The van der Waals surface area contributed by atoms with Gasteiger partial charge in [0.1, 0.15) is 5.57 Å². The number of nitrogens with one attached hydrogen (secondary N) is 1. The van der Waals surface area contributed by atoms with Crippen molar-refractivity contribution in [2.24, 2.45) is 0 Å². The van der Waals surface area contributed by atoms with Crippen molar-refractivity contribution in [1.82, 2.24) is 10.2 Å². The number of hydrogen-bond donors (Lipinski definition) is 3. The van der Waals surface area contributed by atoms with E-state index in [2.05, 4.69) is 11.9 Å². The van der Waals surface area contributed by atoms with Crippen LogP contribution in [0.15, 0.2) is 71.7 Å². The molecule has 1 atom stereocenters. The molecule has 0 saturated carbocycles. The SMILES string of the molecule is C=C(SC/C(=C\C)CN1C(=O)C(=C(O)C2=CC(CC(=O)O)N2)C(=O)CC1(C)C)c1ccccc1. The van der Waals surface area contributed by atoms with E-state index in [1.165, 1.54) is 6.08 Å². The molecule has 1 fully saturated rings. The Morgan fingerprint density at radius 3 is 2.50 bits per heavy atom. The number of aliphatic hydroxyl groups excluding tert-OH is 1. The maximum atomic E-state index is 13.4. The second kappa shape index (κ2) is 10.3. The first-order valence-corrected chi connectivity index (χ1v) is 12.0. The van der Waals surface area contributed by atoms with Crippen LogP contribution < -0.4 is 5.32 Å². The summed E-state index contributed by atoms with van der Waals surface area (Å²) in [6.45, 7) is 10.0. The molecule has 8 heteroatoms. The highest BCUT2D eigenvalue weighted by atomic mass is 32.2. The van der Waals surface area contributed by atoms with Gasteiger partial charge in [0.2, 0.25) is 0 Å². The van der Waals surface area contributed by atoms with E-state index in [9.17, 15) is 19.5 Å². The van der Waals surface area contributed by atoms with Gasteiger partial charge >= 0.3 is 5.97 Å². The molecule has 1 aromatic rings.